The summed E-state index contributed by atoms with van der Waals surface area (Å²) in [6.07, 6.45) is 8.91. The number of aromatic amines is 2. The Bertz CT molecular complexity index is 1140. The summed E-state index contributed by atoms with van der Waals surface area (Å²) in [4.78, 5) is 13.6. The number of nitrogens with one attached hydrogen (secondary N) is 2. The Morgan fingerprint density at radius 1 is 0.923 bits per heavy atom. The quantitative estimate of drug-likeness (QED) is 0.406. The summed E-state index contributed by atoms with van der Waals surface area (Å²) in [6.45, 7) is 0. The van der Waals surface area contributed by atoms with Crippen LogP contribution in [0.3, 0.4) is 0 Å². The van der Waals surface area contributed by atoms with Gasteiger partial charge in [-0.3, -0.25) is 0 Å². The first-order valence-corrected chi connectivity index (χ1v) is 8.20. The third-order valence-corrected chi connectivity index (χ3v) is 4.27. The van der Waals surface area contributed by atoms with E-state index in [9.17, 15) is 8.78 Å². The molecule has 2 N–H and O–H groups in total. The number of aromatic nitrogens is 7. The zero-order valence-electron chi connectivity index (χ0n) is 13.0. The van der Waals surface area contributed by atoms with E-state index in [-0.39, 0.29) is 11.6 Å². The number of fused-ring (bicyclic) bond motifs is 2. The summed E-state index contributed by atoms with van der Waals surface area (Å²) < 4.78 is 28.3. The number of rotatable bonds is 1. The summed E-state index contributed by atoms with van der Waals surface area (Å²) >= 11 is 3.20. The fourth-order valence-corrected chi connectivity index (χ4v) is 2.92. The van der Waals surface area contributed by atoms with Crippen molar-refractivity contribution in [2.45, 2.75) is 0 Å². The van der Waals surface area contributed by atoms with Gasteiger partial charge in [-0.1, -0.05) is 5.21 Å². The van der Waals surface area contributed by atoms with Crippen molar-refractivity contribution in [1.82, 2.24) is 34.9 Å². The van der Waals surface area contributed by atoms with Crippen LogP contribution in [0.15, 0.2) is 53.9 Å². The Kier molecular flexibility index (Phi) is 4.17. The van der Waals surface area contributed by atoms with Crippen LogP contribution in [0, 0.1) is 11.6 Å². The summed E-state index contributed by atoms with van der Waals surface area (Å²) in [5.74, 6) is -0.117. The smallest absolute Gasteiger partial charge is 0.179 e. The molecule has 0 aromatic carbocycles. The second-order valence-electron chi connectivity index (χ2n) is 5.21. The number of pyridine rings is 2. The number of hydrogen-bond acceptors (Lipinski definition) is 4. The monoisotopic (exact) mass is 417 g/mol. The zero-order valence-corrected chi connectivity index (χ0v) is 14.6. The first-order chi connectivity index (χ1) is 12.6. The van der Waals surface area contributed by atoms with Gasteiger partial charge in [-0.05, 0) is 28.1 Å². The van der Waals surface area contributed by atoms with Gasteiger partial charge in [-0.15, -0.1) is 5.10 Å². The number of hydrogen-bond donors (Lipinski definition) is 2. The molecule has 5 heterocycles. The molecule has 26 heavy (non-hydrogen) atoms. The van der Waals surface area contributed by atoms with Crippen molar-refractivity contribution < 1.29 is 8.78 Å². The van der Waals surface area contributed by atoms with Crippen LogP contribution in [0.25, 0.3) is 27.6 Å². The molecule has 0 aliphatic rings. The molecule has 0 amide bonds. The van der Waals surface area contributed by atoms with E-state index in [1.807, 2.05) is 0 Å². The van der Waals surface area contributed by atoms with Crippen LogP contribution in [-0.4, -0.2) is 34.9 Å². The van der Waals surface area contributed by atoms with Gasteiger partial charge < -0.3 is 9.97 Å². The molecular formula is C16H10BrF2N7. The third-order valence-electron chi connectivity index (χ3n) is 3.67. The maximum Gasteiger partial charge on any atom is 0.179 e. The van der Waals surface area contributed by atoms with Crippen LogP contribution in [0.5, 0.6) is 0 Å². The molecule has 7 nitrogen and oxygen atoms in total. The van der Waals surface area contributed by atoms with Crippen molar-refractivity contribution >= 4 is 37.7 Å². The van der Waals surface area contributed by atoms with Crippen molar-refractivity contribution in [3.8, 4) is 5.82 Å². The van der Waals surface area contributed by atoms with E-state index in [1.165, 1.54) is 17.1 Å². The summed E-state index contributed by atoms with van der Waals surface area (Å²) in [7, 11) is 0. The van der Waals surface area contributed by atoms with E-state index in [1.54, 1.807) is 36.9 Å². The Morgan fingerprint density at radius 3 is 2.23 bits per heavy atom. The van der Waals surface area contributed by atoms with Gasteiger partial charge in [0.2, 0.25) is 0 Å². The average molecular weight is 418 g/mol. The lowest BCUT2D eigenvalue weighted by Crippen LogP contribution is -2.00. The van der Waals surface area contributed by atoms with Crippen molar-refractivity contribution in [2.75, 3.05) is 0 Å². The highest BCUT2D eigenvalue weighted by Crippen LogP contribution is 2.22. The van der Waals surface area contributed by atoms with Crippen molar-refractivity contribution in [1.29, 1.82) is 0 Å². The van der Waals surface area contributed by atoms with Crippen LogP contribution < -0.4 is 0 Å². The zero-order chi connectivity index (χ0) is 18.1. The summed E-state index contributed by atoms with van der Waals surface area (Å²) in [6, 6.07) is 3.34. The Morgan fingerprint density at radius 2 is 1.58 bits per heavy atom. The molecule has 0 unspecified atom stereocenters. The minimum absolute atomic E-state index is 0.301. The molecule has 5 rings (SSSR count). The van der Waals surface area contributed by atoms with Crippen molar-refractivity contribution in [2.24, 2.45) is 0 Å². The molecule has 10 heteroatoms. The van der Waals surface area contributed by atoms with E-state index in [2.05, 4.69) is 46.2 Å². The first kappa shape index (κ1) is 16.3. The molecule has 5 aromatic rings. The van der Waals surface area contributed by atoms with Gasteiger partial charge in [-0.2, -0.15) is 0 Å². The van der Waals surface area contributed by atoms with E-state index in [0.29, 0.717) is 32.2 Å². The highest BCUT2D eigenvalue weighted by molar-refractivity contribution is 9.10. The molecule has 130 valence electrons. The van der Waals surface area contributed by atoms with Crippen LogP contribution in [-0.2, 0) is 0 Å². The van der Waals surface area contributed by atoms with Crippen LogP contribution in [0.1, 0.15) is 0 Å². The highest BCUT2D eigenvalue weighted by Gasteiger charge is 2.10. The van der Waals surface area contributed by atoms with Crippen molar-refractivity contribution in [3.63, 3.8) is 0 Å². The van der Waals surface area contributed by atoms with Gasteiger partial charge in [0.25, 0.3) is 0 Å². The van der Waals surface area contributed by atoms with Gasteiger partial charge in [0.1, 0.15) is 4.60 Å². The molecule has 0 bridgehead atoms. The molecule has 0 fully saturated rings. The average Bonchev–Trinajstić information content (AvgIpc) is 3.40. The van der Waals surface area contributed by atoms with Gasteiger partial charge in [0.05, 0.1) is 35.8 Å². The predicted octanol–water partition coefficient (Wildman–Crippen LogP) is 3.75. The van der Waals surface area contributed by atoms with Gasteiger partial charge in [-0.25, -0.2) is 23.4 Å². The summed E-state index contributed by atoms with van der Waals surface area (Å²) in [5, 5.41) is 8.54. The fourth-order valence-electron chi connectivity index (χ4n) is 2.49. The molecule has 0 radical (unpaired) electrons. The van der Waals surface area contributed by atoms with E-state index in [0.717, 1.165) is 0 Å². The molecule has 0 atom stereocenters. The number of H-pyrrole nitrogens is 2. The standard InChI is InChI=1S/C9H6FN5.C7H4BrFN2/c10-7-5-12-9(15-4-3-13-14-15)8-6(7)1-2-11-8;8-7-6-4(1-2-10-6)5(9)3-11-7/h1-5,11H;1-3,10H. The second kappa shape index (κ2) is 6.64. The molecule has 0 aliphatic carbocycles. The topological polar surface area (TPSA) is 88.1 Å². The fraction of sp³-hybridized carbons (Fsp3) is 0. The lowest BCUT2D eigenvalue weighted by molar-refractivity contribution is 0.632. The Hall–Kier alpha value is -3.14. The van der Waals surface area contributed by atoms with E-state index >= 15 is 0 Å². The molecule has 0 saturated heterocycles. The maximum absolute atomic E-state index is 13.3. The number of nitrogens with zero attached hydrogens (tertiary/aromatic N) is 5. The predicted molar refractivity (Wildman–Crippen MR) is 94.7 cm³/mol. The molecule has 0 saturated carbocycles. The minimum Gasteiger partial charge on any atom is -0.359 e. The van der Waals surface area contributed by atoms with Gasteiger partial charge in [0.15, 0.2) is 17.5 Å². The SMILES string of the molecule is Fc1cnc(-n2ccnn2)c2[nH]ccc12.Fc1cnc(Br)c2[nH]ccc12. The van der Waals surface area contributed by atoms with Crippen LogP contribution >= 0.6 is 15.9 Å². The minimum atomic E-state index is -0.352. The Labute approximate surface area is 153 Å². The number of halogens is 3. The lowest BCUT2D eigenvalue weighted by Gasteiger charge is -2.01. The van der Waals surface area contributed by atoms with Crippen molar-refractivity contribution in [3.05, 3.63) is 65.6 Å². The lowest BCUT2D eigenvalue weighted by atomic mass is 10.3. The normalized spacial score (nSPS) is 10.9. The van der Waals surface area contributed by atoms with E-state index < -0.39 is 0 Å². The molecule has 5 aromatic heterocycles. The third kappa shape index (κ3) is 2.84. The van der Waals surface area contributed by atoms with Gasteiger partial charge in [0, 0.05) is 23.2 Å². The first-order valence-electron chi connectivity index (χ1n) is 7.40. The summed E-state index contributed by atoms with van der Waals surface area (Å²) in [5.41, 5.74) is 1.31. The Balaban J connectivity index is 0.000000136. The molecule has 0 spiro atoms. The van der Waals surface area contributed by atoms with Crippen LogP contribution in [0.4, 0.5) is 8.78 Å². The maximum atomic E-state index is 13.3. The highest BCUT2D eigenvalue weighted by atomic mass is 79.9. The largest absolute Gasteiger partial charge is 0.359 e. The second-order valence-corrected chi connectivity index (χ2v) is 5.96. The molecular weight excluding hydrogens is 408 g/mol. The molecule has 0 aliphatic heterocycles. The van der Waals surface area contributed by atoms with Gasteiger partial charge >= 0.3 is 0 Å². The van der Waals surface area contributed by atoms with E-state index in [4.69, 9.17) is 0 Å². The van der Waals surface area contributed by atoms with Crippen LogP contribution in [0.2, 0.25) is 0 Å².